The van der Waals surface area contributed by atoms with Crippen LogP contribution in [0.5, 0.6) is 0 Å². The molecule has 3 atom stereocenters. The summed E-state index contributed by atoms with van der Waals surface area (Å²) in [4.78, 5) is 25.9. The van der Waals surface area contributed by atoms with Crippen molar-refractivity contribution in [2.24, 2.45) is 11.8 Å². The van der Waals surface area contributed by atoms with Crippen LogP contribution >= 0.6 is 0 Å². The maximum atomic E-state index is 13.1. The van der Waals surface area contributed by atoms with Crippen LogP contribution in [0.1, 0.15) is 82.6 Å². The zero-order chi connectivity index (χ0) is 22.8. The van der Waals surface area contributed by atoms with Crippen molar-refractivity contribution >= 4 is 12.1 Å². The first-order chi connectivity index (χ1) is 15.5. The van der Waals surface area contributed by atoms with Gasteiger partial charge in [0.25, 0.3) is 0 Å². The fraction of sp³-hybridized carbons (Fsp3) is 0.692. The average Bonchev–Trinajstić information content (AvgIpc) is 2.82. The van der Waals surface area contributed by atoms with Gasteiger partial charge in [-0.2, -0.15) is 0 Å². The molecule has 32 heavy (non-hydrogen) atoms. The van der Waals surface area contributed by atoms with E-state index in [1.807, 2.05) is 30.3 Å². The molecule has 0 unspecified atom stereocenters. The zero-order valence-electron chi connectivity index (χ0n) is 19.4. The minimum atomic E-state index is -1.12. The van der Waals surface area contributed by atoms with Crippen molar-refractivity contribution in [2.45, 2.75) is 95.3 Å². The standard InChI is InChI=1S/C26H39NO5/c1-31-24(29)26(16-15-20-9-4-2-5-10-20,18-22-13-8-14-23(28)17-22)27-25(30)32-19-21-11-6-3-7-12-21/h3,6-7,11-12,20,22-23,28H,2,4-5,8-10,13-19H2,1H3,(H,27,30)/t22-,23-,26-/m1/s1. The van der Waals surface area contributed by atoms with E-state index in [2.05, 4.69) is 5.32 Å². The van der Waals surface area contributed by atoms with Crippen molar-refractivity contribution in [1.29, 1.82) is 0 Å². The number of rotatable bonds is 9. The smallest absolute Gasteiger partial charge is 0.408 e. The molecule has 2 aliphatic carbocycles. The normalized spacial score (nSPS) is 23.7. The summed E-state index contributed by atoms with van der Waals surface area (Å²) in [6.07, 6.45) is 10.4. The number of aliphatic hydroxyl groups excluding tert-OH is 1. The summed E-state index contributed by atoms with van der Waals surface area (Å²) >= 11 is 0. The molecule has 1 aromatic rings. The molecule has 178 valence electrons. The molecule has 0 aromatic heterocycles. The summed E-state index contributed by atoms with van der Waals surface area (Å²) in [6.45, 7) is 0.148. The van der Waals surface area contributed by atoms with Crippen molar-refractivity contribution in [3.8, 4) is 0 Å². The number of aliphatic hydroxyl groups is 1. The van der Waals surface area contributed by atoms with Gasteiger partial charge in [0.1, 0.15) is 12.1 Å². The summed E-state index contributed by atoms with van der Waals surface area (Å²) in [7, 11) is 1.38. The van der Waals surface area contributed by atoms with Crippen LogP contribution in [0.4, 0.5) is 4.79 Å². The Morgan fingerprint density at radius 2 is 1.75 bits per heavy atom. The quantitative estimate of drug-likeness (QED) is 0.515. The Labute approximate surface area is 192 Å². The number of ether oxygens (including phenoxy) is 2. The minimum Gasteiger partial charge on any atom is -0.467 e. The summed E-state index contributed by atoms with van der Waals surface area (Å²) in [5, 5.41) is 13.1. The summed E-state index contributed by atoms with van der Waals surface area (Å²) < 4.78 is 10.7. The molecule has 3 rings (SSSR count). The van der Waals surface area contributed by atoms with Crippen LogP contribution in [0.2, 0.25) is 0 Å². The lowest BCUT2D eigenvalue weighted by Crippen LogP contribution is -2.56. The second-order valence-electron chi connectivity index (χ2n) is 9.69. The van der Waals surface area contributed by atoms with Crippen molar-refractivity contribution in [3.05, 3.63) is 35.9 Å². The molecule has 0 bridgehead atoms. The molecule has 0 radical (unpaired) electrons. The van der Waals surface area contributed by atoms with E-state index in [1.54, 1.807) is 0 Å². The molecule has 1 amide bonds. The Bertz CT molecular complexity index is 718. The summed E-state index contributed by atoms with van der Waals surface area (Å²) in [6, 6.07) is 9.50. The highest BCUT2D eigenvalue weighted by Crippen LogP contribution is 2.36. The fourth-order valence-corrected chi connectivity index (χ4v) is 5.47. The van der Waals surface area contributed by atoms with Crippen molar-refractivity contribution in [2.75, 3.05) is 7.11 Å². The monoisotopic (exact) mass is 445 g/mol. The number of benzene rings is 1. The molecule has 1 aromatic carbocycles. The van der Waals surface area contributed by atoms with Gasteiger partial charge in [0, 0.05) is 0 Å². The van der Waals surface area contributed by atoms with Gasteiger partial charge in [-0.15, -0.1) is 0 Å². The lowest BCUT2D eigenvalue weighted by atomic mass is 9.74. The Morgan fingerprint density at radius 3 is 2.44 bits per heavy atom. The average molecular weight is 446 g/mol. The lowest BCUT2D eigenvalue weighted by Gasteiger charge is -2.38. The van der Waals surface area contributed by atoms with E-state index in [-0.39, 0.29) is 18.6 Å². The number of esters is 1. The van der Waals surface area contributed by atoms with Gasteiger partial charge in [0.15, 0.2) is 0 Å². The van der Waals surface area contributed by atoms with E-state index in [4.69, 9.17) is 9.47 Å². The maximum absolute atomic E-state index is 13.1. The number of methoxy groups -OCH3 is 1. The van der Waals surface area contributed by atoms with Crippen LogP contribution in [-0.4, -0.2) is 35.9 Å². The van der Waals surface area contributed by atoms with Gasteiger partial charge in [0.2, 0.25) is 0 Å². The van der Waals surface area contributed by atoms with E-state index >= 15 is 0 Å². The molecule has 2 N–H and O–H groups in total. The second kappa shape index (κ2) is 12.2. The third-order valence-electron chi connectivity index (χ3n) is 7.23. The molecule has 6 nitrogen and oxygen atoms in total. The van der Waals surface area contributed by atoms with Gasteiger partial charge in [-0.25, -0.2) is 9.59 Å². The largest absolute Gasteiger partial charge is 0.467 e. The second-order valence-corrected chi connectivity index (χ2v) is 9.69. The van der Waals surface area contributed by atoms with Gasteiger partial charge in [0.05, 0.1) is 13.2 Å². The first-order valence-corrected chi connectivity index (χ1v) is 12.3. The molecule has 0 saturated heterocycles. The highest BCUT2D eigenvalue weighted by Gasteiger charge is 2.44. The molecule has 0 spiro atoms. The molecule has 2 fully saturated rings. The van der Waals surface area contributed by atoms with E-state index < -0.39 is 17.6 Å². The predicted molar refractivity (Wildman–Crippen MR) is 123 cm³/mol. The number of alkyl carbamates (subject to hydrolysis) is 1. The van der Waals surface area contributed by atoms with Gasteiger partial charge in [-0.05, 0) is 49.5 Å². The van der Waals surface area contributed by atoms with Crippen molar-refractivity contribution < 1.29 is 24.2 Å². The molecule has 2 saturated carbocycles. The van der Waals surface area contributed by atoms with Crippen LogP contribution < -0.4 is 5.32 Å². The third-order valence-corrected chi connectivity index (χ3v) is 7.23. The van der Waals surface area contributed by atoms with Crippen molar-refractivity contribution in [3.63, 3.8) is 0 Å². The SMILES string of the molecule is COC(=O)[C@@](CCC1CCCCC1)(C[C@@H]1CCC[C@@H](O)C1)NC(=O)OCc1ccccc1. The Kier molecular flexibility index (Phi) is 9.39. The van der Waals surface area contributed by atoms with Crippen LogP contribution in [0.25, 0.3) is 0 Å². The van der Waals surface area contributed by atoms with E-state index in [0.717, 1.165) is 31.2 Å². The van der Waals surface area contributed by atoms with Gasteiger partial charge < -0.3 is 19.9 Å². The first-order valence-electron chi connectivity index (χ1n) is 12.3. The van der Waals surface area contributed by atoms with Crippen molar-refractivity contribution in [1.82, 2.24) is 5.32 Å². The lowest BCUT2D eigenvalue weighted by molar-refractivity contribution is -0.150. The van der Waals surface area contributed by atoms with Gasteiger partial charge in [-0.1, -0.05) is 75.3 Å². The van der Waals surface area contributed by atoms with Crippen LogP contribution in [0.15, 0.2) is 30.3 Å². The van der Waals surface area contributed by atoms with Crippen LogP contribution in [-0.2, 0) is 20.9 Å². The van der Waals surface area contributed by atoms with E-state index in [0.29, 0.717) is 25.2 Å². The summed E-state index contributed by atoms with van der Waals surface area (Å²) in [5.41, 5.74) is -0.231. The number of amides is 1. The highest BCUT2D eigenvalue weighted by atomic mass is 16.6. The van der Waals surface area contributed by atoms with Crippen LogP contribution in [0.3, 0.4) is 0 Å². The number of hydrogen-bond acceptors (Lipinski definition) is 5. The third kappa shape index (κ3) is 7.22. The topological polar surface area (TPSA) is 84.9 Å². The van der Waals surface area contributed by atoms with E-state index in [9.17, 15) is 14.7 Å². The molecule has 0 aliphatic heterocycles. The number of hydrogen-bond donors (Lipinski definition) is 2. The summed E-state index contributed by atoms with van der Waals surface area (Å²) in [5.74, 6) is 0.329. The number of carbonyl (C=O) groups excluding carboxylic acids is 2. The van der Waals surface area contributed by atoms with Crippen LogP contribution in [0, 0.1) is 11.8 Å². The fourth-order valence-electron chi connectivity index (χ4n) is 5.47. The van der Waals surface area contributed by atoms with E-state index in [1.165, 1.54) is 39.2 Å². The minimum absolute atomic E-state index is 0.148. The molecule has 0 heterocycles. The highest BCUT2D eigenvalue weighted by molar-refractivity contribution is 5.85. The zero-order valence-corrected chi connectivity index (χ0v) is 19.4. The Balaban J connectivity index is 1.72. The van der Waals surface area contributed by atoms with Gasteiger partial charge >= 0.3 is 12.1 Å². The molecule has 6 heteroatoms. The molecule has 2 aliphatic rings. The Hall–Kier alpha value is -2.08. The Morgan fingerprint density at radius 1 is 1.03 bits per heavy atom. The maximum Gasteiger partial charge on any atom is 0.408 e. The first kappa shape index (κ1) is 24.6. The van der Waals surface area contributed by atoms with Gasteiger partial charge in [-0.3, -0.25) is 0 Å². The predicted octanol–water partition coefficient (Wildman–Crippen LogP) is 5.13. The molecular weight excluding hydrogens is 406 g/mol. The number of carbonyl (C=O) groups is 2. The molecular formula is C26H39NO5. The number of nitrogens with one attached hydrogen (secondary N) is 1.